The number of amides is 2. The minimum Gasteiger partial charge on any atom is -0.481 e. The lowest BCUT2D eigenvalue weighted by Crippen LogP contribution is -2.53. The first-order valence-corrected chi connectivity index (χ1v) is 10.3. The van der Waals surface area contributed by atoms with Crippen molar-refractivity contribution in [2.75, 3.05) is 26.2 Å². The van der Waals surface area contributed by atoms with Crippen LogP contribution in [0.3, 0.4) is 0 Å². The third-order valence-electron chi connectivity index (χ3n) is 5.38. The molecule has 2 aromatic carbocycles. The van der Waals surface area contributed by atoms with Crippen molar-refractivity contribution in [1.82, 2.24) is 9.80 Å². The molecule has 0 aromatic heterocycles. The maximum atomic E-state index is 12.8. The van der Waals surface area contributed by atoms with E-state index in [0.29, 0.717) is 43.4 Å². The minimum atomic E-state index is -0.556. The Morgan fingerprint density at radius 1 is 0.828 bits per heavy atom. The Hall–Kier alpha value is -2.82. The number of piperazine rings is 1. The number of ether oxygens (including phenoxy) is 1. The molecule has 3 rings (SSSR count). The van der Waals surface area contributed by atoms with Crippen molar-refractivity contribution in [1.29, 1.82) is 0 Å². The second-order valence-corrected chi connectivity index (χ2v) is 7.97. The lowest BCUT2D eigenvalue weighted by Gasteiger charge is -2.36. The Bertz CT molecular complexity index is 835. The molecule has 1 atom stereocenters. The van der Waals surface area contributed by atoms with E-state index in [0.717, 1.165) is 5.56 Å². The van der Waals surface area contributed by atoms with Crippen LogP contribution in [-0.2, 0) is 4.79 Å². The molecule has 0 N–H and O–H groups in total. The second kappa shape index (κ2) is 9.12. The lowest BCUT2D eigenvalue weighted by atomic mass is 10.0. The summed E-state index contributed by atoms with van der Waals surface area (Å²) in [5.41, 5.74) is 3.06. The first-order chi connectivity index (χ1) is 13.8. The van der Waals surface area contributed by atoms with E-state index in [-0.39, 0.29) is 11.8 Å². The van der Waals surface area contributed by atoms with E-state index in [1.54, 1.807) is 11.8 Å². The van der Waals surface area contributed by atoms with Crippen molar-refractivity contribution in [3.8, 4) is 5.75 Å². The predicted molar refractivity (Wildman–Crippen MR) is 114 cm³/mol. The van der Waals surface area contributed by atoms with Gasteiger partial charge < -0.3 is 14.5 Å². The van der Waals surface area contributed by atoms with Gasteiger partial charge in [0.15, 0.2) is 6.10 Å². The van der Waals surface area contributed by atoms with Gasteiger partial charge in [0, 0.05) is 31.7 Å². The summed E-state index contributed by atoms with van der Waals surface area (Å²) in [7, 11) is 0. The van der Waals surface area contributed by atoms with Gasteiger partial charge in [0.2, 0.25) is 0 Å². The SMILES string of the molecule is Cc1ccc(C(=O)N2CCN(C(=O)C(C)Oc3ccc(C(C)C)cc3)CC2)cc1. The average Bonchev–Trinajstić information content (AvgIpc) is 2.73. The number of rotatable bonds is 5. The first-order valence-electron chi connectivity index (χ1n) is 10.3. The summed E-state index contributed by atoms with van der Waals surface area (Å²) < 4.78 is 5.85. The molecule has 0 spiro atoms. The van der Waals surface area contributed by atoms with Gasteiger partial charge in [0.25, 0.3) is 11.8 Å². The van der Waals surface area contributed by atoms with Crippen LogP contribution in [0, 0.1) is 6.92 Å². The molecule has 2 amide bonds. The molecular weight excluding hydrogens is 364 g/mol. The molecule has 1 saturated heterocycles. The molecule has 5 heteroatoms. The van der Waals surface area contributed by atoms with Crippen LogP contribution in [0.15, 0.2) is 48.5 Å². The van der Waals surface area contributed by atoms with E-state index in [9.17, 15) is 9.59 Å². The molecule has 1 aliphatic heterocycles. The highest BCUT2D eigenvalue weighted by atomic mass is 16.5. The Labute approximate surface area is 173 Å². The number of benzene rings is 2. The van der Waals surface area contributed by atoms with Gasteiger partial charge in [-0.2, -0.15) is 0 Å². The molecule has 2 aromatic rings. The van der Waals surface area contributed by atoms with E-state index in [1.807, 2.05) is 60.4 Å². The van der Waals surface area contributed by atoms with Gasteiger partial charge in [0.1, 0.15) is 5.75 Å². The molecule has 1 unspecified atom stereocenters. The summed E-state index contributed by atoms with van der Waals surface area (Å²) in [6.07, 6.45) is -0.556. The molecule has 0 radical (unpaired) electrons. The van der Waals surface area contributed by atoms with Gasteiger partial charge in [-0.25, -0.2) is 0 Å². The Morgan fingerprint density at radius 2 is 1.38 bits per heavy atom. The summed E-state index contributed by atoms with van der Waals surface area (Å²) in [6, 6.07) is 15.5. The maximum absolute atomic E-state index is 12.8. The van der Waals surface area contributed by atoms with E-state index in [1.165, 1.54) is 5.56 Å². The number of hydrogen-bond donors (Lipinski definition) is 0. The van der Waals surface area contributed by atoms with Crippen LogP contribution in [0.4, 0.5) is 0 Å². The third kappa shape index (κ3) is 5.17. The molecule has 154 valence electrons. The van der Waals surface area contributed by atoms with Crippen LogP contribution in [0.1, 0.15) is 48.2 Å². The quantitative estimate of drug-likeness (QED) is 0.774. The Balaban J connectivity index is 1.52. The zero-order valence-electron chi connectivity index (χ0n) is 17.7. The molecular formula is C24H30N2O3. The summed E-state index contributed by atoms with van der Waals surface area (Å²) in [4.78, 5) is 29.0. The topological polar surface area (TPSA) is 49.9 Å². The van der Waals surface area contributed by atoms with Crippen LogP contribution in [0.2, 0.25) is 0 Å². The zero-order valence-corrected chi connectivity index (χ0v) is 17.7. The second-order valence-electron chi connectivity index (χ2n) is 7.97. The molecule has 0 saturated carbocycles. The van der Waals surface area contributed by atoms with Gasteiger partial charge in [0.05, 0.1) is 0 Å². The highest BCUT2D eigenvalue weighted by molar-refractivity contribution is 5.94. The van der Waals surface area contributed by atoms with Gasteiger partial charge >= 0.3 is 0 Å². The summed E-state index contributed by atoms with van der Waals surface area (Å²) in [6.45, 7) is 10.2. The minimum absolute atomic E-state index is 0.0200. The maximum Gasteiger partial charge on any atom is 0.263 e. The van der Waals surface area contributed by atoms with Crippen molar-refractivity contribution < 1.29 is 14.3 Å². The summed E-state index contributed by atoms with van der Waals surface area (Å²) >= 11 is 0. The lowest BCUT2D eigenvalue weighted by molar-refractivity contribution is -0.139. The average molecular weight is 395 g/mol. The highest BCUT2D eigenvalue weighted by Gasteiger charge is 2.28. The number of hydrogen-bond acceptors (Lipinski definition) is 3. The van der Waals surface area contributed by atoms with Gasteiger partial charge in [-0.1, -0.05) is 43.7 Å². The standard InChI is InChI=1S/C24H30N2O3/c1-17(2)20-9-11-22(12-10-20)29-19(4)23(27)25-13-15-26(16-14-25)24(28)21-7-5-18(3)6-8-21/h5-12,17,19H,13-16H2,1-4H3. The highest BCUT2D eigenvalue weighted by Crippen LogP contribution is 2.20. The molecule has 5 nitrogen and oxygen atoms in total. The molecule has 1 aliphatic rings. The van der Waals surface area contributed by atoms with Crippen LogP contribution in [0.25, 0.3) is 0 Å². The fraction of sp³-hybridized carbons (Fsp3) is 0.417. The van der Waals surface area contributed by atoms with E-state index in [2.05, 4.69) is 13.8 Å². The summed E-state index contributed by atoms with van der Waals surface area (Å²) in [5, 5.41) is 0. The smallest absolute Gasteiger partial charge is 0.263 e. The number of nitrogens with zero attached hydrogens (tertiary/aromatic N) is 2. The van der Waals surface area contributed by atoms with Crippen molar-refractivity contribution in [2.24, 2.45) is 0 Å². The van der Waals surface area contributed by atoms with Crippen molar-refractivity contribution >= 4 is 11.8 Å². The molecule has 29 heavy (non-hydrogen) atoms. The van der Waals surface area contributed by atoms with Gasteiger partial charge in [-0.3, -0.25) is 9.59 Å². The van der Waals surface area contributed by atoms with Crippen LogP contribution < -0.4 is 4.74 Å². The molecule has 0 bridgehead atoms. The molecule has 1 fully saturated rings. The first kappa shape index (κ1) is 20.9. The fourth-order valence-electron chi connectivity index (χ4n) is 3.45. The van der Waals surface area contributed by atoms with Crippen molar-refractivity contribution in [2.45, 2.75) is 39.7 Å². The van der Waals surface area contributed by atoms with Crippen molar-refractivity contribution in [3.63, 3.8) is 0 Å². The monoisotopic (exact) mass is 394 g/mol. The van der Waals surface area contributed by atoms with Crippen molar-refractivity contribution in [3.05, 3.63) is 65.2 Å². The van der Waals surface area contributed by atoms with Crippen LogP contribution in [-0.4, -0.2) is 53.9 Å². The number of aryl methyl sites for hydroxylation is 1. The largest absolute Gasteiger partial charge is 0.481 e. The van der Waals surface area contributed by atoms with Gasteiger partial charge in [-0.15, -0.1) is 0 Å². The Morgan fingerprint density at radius 3 is 1.93 bits per heavy atom. The number of carbonyl (C=O) groups is 2. The van der Waals surface area contributed by atoms with E-state index >= 15 is 0 Å². The van der Waals surface area contributed by atoms with Gasteiger partial charge in [-0.05, 0) is 49.6 Å². The summed E-state index contributed by atoms with van der Waals surface area (Å²) in [5.74, 6) is 1.14. The number of carbonyl (C=O) groups excluding carboxylic acids is 2. The fourth-order valence-corrected chi connectivity index (χ4v) is 3.45. The predicted octanol–water partition coefficient (Wildman–Crippen LogP) is 3.87. The Kier molecular flexibility index (Phi) is 6.57. The molecule has 1 heterocycles. The van der Waals surface area contributed by atoms with Crippen LogP contribution >= 0.6 is 0 Å². The zero-order chi connectivity index (χ0) is 21.0. The van der Waals surface area contributed by atoms with Crippen LogP contribution in [0.5, 0.6) is 5.75 Å². The third-order valence-corrected chi connectivity index (χ3v) is 5.38. The van der Waals surface area contributed by atoms with E-state index in [4.69, 9.17) is 4.74 Å². The molecule has 0 aliphatic carbocycles. The normalized spacial score (nSPS) is 15.3. The van der Waals surface area contributed by atoms with E-state index < -0.39 is 6.10 Å².